The van der Waals surface area contributed by atoms with Gasteiger partial charge in [-0.05, 0) is 34.1 Å². The van der Waals surface area contributed by atoms with Crippen LogP contribution in [0.3, 0.4) is 0 Å². The molecular weight excluding hydrogens is 280 g/mol. The summed E-state index contributed by atoms with van der Waals surface area (Å²) in [5.74, 6) is -2.92. The SMILES string of the molecule is CC[C@H](NC(=O)OC(C)(C)C)C(=O)NC(C(C)=O)C(=O)O. The van der Waals surface area contributed by atoms with Crippen LogP contribution in [-0.4, -0.2) is 46.5 Å². The number of hydrogen-bond donors (Lipinski definition) is 3. The van der Waals surface area contributed by atoms with E-state index in [1.54, 1.807) is 27.7 Å². The molecule has 8 heteroatoms. The van der Waals surface area contributed by atoms with E-state index in [1.807, 2.05) is 0 Å². The molecular formula is C13H22N2O6. The Hall–Kier alpha value is -2.12. The Kier molecular flexibility index (Phi) is 6.84. The number of carboxylic acid groups (broad SMARTS) is 1. The quantitative estimate of drug-likeness (QED) is 0.612. The molecule has 120 valence electrons. The molecule has 0 heterocycles. The highest BCUT2D eigenvalue weighted by Gasteiger charge is 2.29. The molecule has 21 heavy (non-hydrogen) atoms. The summed E-state index contributed by atoms with van der Waals surface area (Å²) in [6.45, 7) is 7.70. The van der Waals surface area contributed by atoms with Gasteiger partial charge in [0, 0.05) is 0 Å². The number of ketones is 1. The van der Waals surface area contributed by atoms with E-state index in [1.165, 1.54) is 0 Å². The first kappa shape index (κ1) is 18.9. The molecule has 0 aromatic heterocycles. The van der Waals surface area contributed by atoms with Gasteiger partial charge in [-0.15, -0.1) is 0 Å². The number of carboxylic acids is 1. The highest BCUT2D eigenvalue weighted by molar-refractivity contribution is 6.04. The molecule has 0 aliphatic rings. The van der Waals surface area contributed by atoms with Gasteiger partial charge in [-0.1, -0.05) is 6.92 Å². The largest absolute Gasteiger partial charge is 0.479 e. The lowest BCUT2D eigenvalue weighted by Gasteiger charge is -2.23. The molecule has 0 fully saturated rings. The Balaban J connectivity index is 4.73. The number of Topliss-reactive ketones (excluding diaryl/α,β-unsaturated/α-hetero) is 1. The van der Waals surface area contributed by atoms with Crippen LogP contribution in [0.4, 0.5) is 4.79 Å². The van der Waals surface area contributed by atoms with E-state index >= 15 is 0 Å². The molecule has 0 spiro atoms. The average Bonchev–Trinajstić information content (AvgIpc) is 2.29. The summed E-state index contributed by atoms with van der Waals surface area (Å²) in [5, 5.41) is 13.2. The van der Waals surface area contributed by atoms with E-state index in [0.717, 1.165) is 6.92 Å². The topological polar surface area (TPSA) is 122 Å². The smallest absolute Gasteiger partial charge is 0.408 e. The summed E-state index contributed by atoms with van der Waals surface area (Å²) in [7, 11) is 0. The highest BCUT2D eigenvalue weighted by Crippen LogP contribution is 2.07. The first-order valence-electron chi connectivity index (χ1n) is 6.51. The fourth-order valence-electron chi connectivity index (χ4n) is 1.38. The molecule has 1 unspecified atom stereocenters. The van der Waals surface area contributed by atoms with Crippen LogP contribution in [0.1, 0.15) is 41.0 Å². The van der Waals surface area contributed by atoms with Crippen molar-refractivity contribution in [3.05, 3.63) is 0 Å². The van der Waals surface area contributed by atoms with E-state index in [0.29, 0.717) is 0 Å². The van der Waals surface area contributed by atoms with Gasteiger partial charge in [0.25, 0.3) is 0 Å². The monoisotopic (exact) mass is 302 g/mol. The van der Waals surface area contributed by atoms with Crippen LogP contribution in [-0.2, 0) is 19.1 Å². The Bertz CT molecular complexity index is 413. The lowest BCUT2D eigenvalue weighted by molar-refractivity contribution is -0.145. The maximum absolute atomic E-state index is 11.9. The number of aliphatic carboxylic acids is 1. The van der Waals surface area contributed by atoms with Crippen molar-refractivity contribution in [1.29, 1.82) is 0 Å². The molecule has 0 aromatic carbocycles. The van der Waals surface area contributed by atoms with Gasteiger partial charge in [0.1, 0.15) is 11.6 Å². The van der Waals surface area contributed by atoms with Crippen LogP contribution >= 0.6 is 0 Å². The Labute approximate surface area is 123 Å². The van der Waals surface area contributed by atoms with Gasteiger partial charge in [-0.2, -0.15) is 0 Å². The molecule has 3 N–H and O–H groups in total. The van der Waals surface area contributed by atoms with Gasteiger partial charge in [0.15, 0.2) is 11.8 Å². The van der Waals surface area contributed by atoms with Crippen molar-refractivity contribution in [2.75, 3.05) is 0 Å². The van der Waals surface area contributed by atoms with Gasteiger partial charge in [-0.25, -0.2) is 9.59 Å². The molecule has 2 amide bonds. The van der Waals surface area contributed by atoms with Gasteiger partial charge < -0.3 is 20.5 Å². The summed E-state index contributed by atoms with van der Waals surface area (Å²) in [4.78, 5) is 45.5. The molecule has 0 aliphatic heterocycles. The van der Waals surface area contributed by atoms with Crippen molar-refractivity contribution in [2.24, 2.45) is 0 Å². The van der Waals surface area contributed by atoms with Gasteiger partial charge in [-0.3, -0.25) is 9.59 Å². The third-order valence-corrected chi connectivity index (χ3v) is 2.36. The van der Waals surface area contributed by atoms with Crippen LogP contribution in [0, 0.1) is 0 Å². The van der Waals surface area contributed by atoms with Crippen molar-refractivity contribution in [1.82, 2.24) is 10.6 Å². The Morgan fingerprint density at radius 3 is 2.00 bits per heavy atom. The molecule has 0 radical (unpaired) electrons. The van der Waals surface area contributed by atoms with Crippen LogP contribution < -0.4 is 10.6 Å². The van der Waals surface area contributed by atoms with Gasteiger partial charge in [0.2, 0.25) is 5.91 Å². The van der Waals surface area contributed by atoms with Crippen molar-refractivity contribution in [3.63, 3.8) is 0 Å². The van der Waals surface area contributed by atoms with Crippen molar-refractivity contribution < 1.29 is 29.0 Å². The zero-order valence-corrected chi connectivity index (χ0v) is 12.9. The van der Waals surface area contributed by atoms with Crippen molar-refractivity contribution in [2.45, 2.75) is 58.7 Å². The second-order valence-electron chi connectivity index (χ2n) is 5.50. The van der Waals surface area contributed by atoms with Crippen LogP contribution in [0.5, 0.6) is 0 Å². The Morgan fingerprint density at radius 2 is 1.67 bits per heavy atom. The summed E-state index contributed by atoms with van der Waals surface area (Å²) in [6, 6.07) is -2.62. The van der Waals surface area contributed by atoms with Gasteiger partial charge >= 0.3 is 12.1 Å². The first-order chi connectivity index (χ1) is 9.47. The van der Waals surface area contributed by atoms with Crippen LogP contribution in [0.15, 0.2) is 0 Å². The highest BCUT2D eigenvalue weighted by atomic mass is 16.6. The number of alkyl carbamates (subject to hydrolysis) is 1. The third kappa shape index (κ3) is 7.28. The number of carbonyl (C=O) groups excluding carboxylic acids is 3. The third-order valence-electron chi connectivity index (χ3n) is 2.36. The number of hydrogen-bond acceptors (Lipinski definition) is 5. The number of amides is 2. The summed E-state index contributed by atoms with van der Waals surface area (Å²) < 4.78 is 5.01. The number of ether oxygens (including phenoxy) is 1. The van der Waals surface area contributed by atoms with E-state index in [9.17, 15) is 19.2 Å². The second kappa shape index (κ2) is 7.61. The first-order valence-corrected chi connectivity index (χ1v) is 6.51. The molecule has 0 bridgehead atoms. The minimum atomic E-state index is -1.63. The lowest BCUT2D eigenvalue weighted by atomic mass is 10.1. The molecule has 2 atom stereocenters. The standard InChI is InChI=1S/C13H22N2O6/c1-6-8(14-12(20)21-13(3,4)5)10(17)15-9(7(2)16)11(18)19/h8-9H,6H2,1-5H3,(H,14,20)(H,15,17)(H,18,19)/t8-,9?/m0/s1. The molecule has 0 rings (SSSR count). The zero-order chi connectivity index (χ0) is 16.8. The van der Waals surface area contributed by atoms with E-state index in [4.69, 9.17) is 9.84 Å². The maximum atomic E-state index is 11.9. The fourth-order valence-corrected chi connectivity index (χ4v) is 1.38. The number of carbonyl (C=O) groups is 4. The molecule has 0 aromatic rings. The van der Waals surface area contributed by atoms with Crippen LogP contribution in [0.25, 0.3) is 0 Å². The lowest BCUT2D eigenvalue weighted by Crippen LogP contribution is -2.54. The number of rotatable bonds is 6. The second-order valence-corrected chi connectivity index (χ2v) is 5.50. The molecule has 0 aliphatic carbocycles. The van der Waals surface area contributed by atoms with E-state index in [-0.39, 0.29) is 6.42 Å². The molecule has 0 saturated heterocycles. The van der Waals surface area contributed by atoms with Gasteiger partial charge in [0.05, 0.1) is 0 Å². The summed E-state index contributed by atoms with van der Waals surface area (Å²) in [6.07, 6.45) is -0.575. The Morgan fingerprint density at radius 1 is 1.14 bits per heavy atom. The fraction of sp³-hybridized carbons (Fsp3) is 0.692. The van der Waals surface area contributed by atoms with Crippen molar-refractivity contribution >= 4 is 23.8 Å². The predicted molar refractivity (Wildman–Crippen MR) is 73.7 cm³/mol. The summed E-state index contributed by atoms with van der Waals surface area (Å²) >= 11 is 0. The van der Waals surface area contributed by atoms with Crippen molar-refractivity contribution in [3.8, 4) is 0 Å². The number of nitrogens with one attached hydrogen (secondary N) is 2. The van der Waals surface area contributed by atoms with E-state index in [2.05, 4.69) is 10.6 Å². The predicted octanol–water partition coefficient (Wildman–Crippen LogP) is 0.448. The zero-order valence-electron chi connectivity index (χ0n) is 12.9. The minimum absolute atomic E-state index is 0.218. The molecule has 8 nitrogen and oxygen atoms in total. The summed E-state index contributed by atoms with van der Waals surface area (Å²) in [5.41, 5.74) is -0.720. The van der Waals surface area contributed by atoms with E-state index < -0.39 is 41.4 Å². The maximum Gasteiger partial charge on any atom is 0.408 e. The molecule has 0 saturated carbocycles. The average molecular weight is 302 g/mol. The normalized spacial score (nSPS) is 13.8. The minimum Gasteiger partial charge on any atom is -0.479 e. The van der Waals surface area contributed by atoms with Crippen LogP contribution in [0.2, 0.25) is 0 Å².